The summed E-state index contributed by atoms with van der Waals surface area (Å²) in [5, 5.41) is 31.7. The number of ketones is 1. The van der Waals surface area contributed by atoms with Crippen molar-refractivity contribution in [1.29, 1.82) is 0 Å². The van der Waals surface area contributed by atoms with Crippen molar-refractivity contribution in [3.8, 4) is 11.5 Å². The van der Waals surface area contributed by atoms with Gasteiger partial charge in [-0.1, -0.05) is 52.8 Å². The minimum absolute atomic E-state index is 0.00598. The number of aliphatic hydroxyl groups is 1. The Morgan fingerprint density at radius 3 is 2.47 bits per heavy atom. The predicted octanol–water partition coefficient (Wildman–Crippen LogP) is 5.63. The summed E-state index contributed by atoms with van der Waals surface area (Å²) in [4.78, 5) is 12.7. The lowest BCUT2D eigenvalue weighted by molar-refractivity contribution is -0.202. The minimum Gasteiger partial charge on any atom is -0.504 e. The Hall–Kier alpha value is -2.07. The average molecular weight is 437 g/mol. The second-order valence-electron chi connectivity index (χ2n) is 11.9. The Kier molecular flexibility index (Phi) is 4.27. The van der Waals surface area contributed by atoms with E-state index in [9.17, 15) is 20.1 Å². The fourth-order valence-corrected chi connectivity index (χ4v) is 8.21. The van der Waals surface area contributed by atoms with Crippen molar-refractivity contribution in [2.75, 3.05) is 0 Å². The Morgan fingerprint density at radius 2 is 1.78 bits per heavy atom. The van der Waals surface area contributed by atoms with Crippen molar-refractivity contribution in [3.63, 3.8) is 0 Å². The van der Waals surface area contributed by atoms with E-state index in [4.69, 9.17) is 0 Å². The predicted molar refractivity (Wildman–Crippen MR) is 126 cm³/mol. The lowest BCUT2D eigenvalue weighted by Crippen LogP contribution is -2.66. The molecule has 0 spiro atoms. The van der Waals surface area contributed by atoms with Gasteiger partial charge in [0.15, 0.2) is 17.3 Å². The van der Waals surface area contributed by atoms with Crippen LogP contribution in [0.2, 0.25) is 0 Å². The zero-order valence-electron chi connectivity index (χ0n) is 20.1. The van der Waals surface area contributed by atoms with Crippen LogP contribution in [0.4, 0.5) is 0 Å². The topological polar surface area (TPSA) is 77.8 Å². The first kappa shape index (κ1) is 21.8. The number of hydrogen-bond acceptors (Lipinski definition) is 4. The summed E-state index contributed by atoms with van der Waals surface area (Å²) in [6.07, 6.45) is 9.31. The highest BCUT2D eigenvalue weighted by molar-refractivity contribution is 5.88. The van der Waals surface area contributed by atoms with Gasteiger partial charge >= 0.3 is 0 Å². The quantitative estimate of drug-likeness (QED) is 0.461. The van der Waals surface area contributed by atoms with Crippen LogP contribution in [-0.2, 0) is 4.79 Å². The summed E-state index contributed by atoms with van der Waals surface area (Å²) in [5.41, 5.74) is 3.11. The number of Topliss-reactive ketones (excluding diaryl/α,β-unsaturated/α-hetero) is 1. The molecule has 2 fully saturated rings. The largest absolute Gasteiger partial charge is 0.504 e. The zero-order chi connectivity index (χ0) is 23.4. The molecule has 0 aliphatic heterocycles. The third-order valence-corrected chi connectivity index (χ3v) is 10.8. The van der Waals surface area contributed by atoms with Crippen LogP contribution in [0.3, 0.4) is 0 Å². The van der Waals surface area contributed by atoms with Crippen molar-refractivity contribution in [2.45, 2.75) is 73.3 Å². The number of aliphatic hydroxyl groups excluding tert-OH is 1. The van der Waals surface area contributed by atoms with Crippen molar-refractivity contribution >= 4 is 17.4 Å². The van der Waals surface area contributed by atoms with Gasteiger partial charge in [0, 0.05) is 22.3 Å². The molecule has 1 aromatic rings. The highest BCUT2D eigenvalue weighted by atomic mass is 16.3. The molecule has 7 atom stereocenters. The molecule has 0 bridgehead atoms. The molecule has 4 aliphatic carbocycles. The fourth-order valence-electron chi connectivity index (χ4n) is 8.21. The van der Waals surface area contributed by atoms with Gasteiger partial charge in [-0.25, -0.2) is 0 Å². The van der Waals surface area contributed by atoms with Gasteiger partial charge in [0.25, 0.3) is 0 Å². The molecule has 32 heavy (non-hydrogen) atoms. The number of rotatable bonds is 0. The lowest BCUT2D eigenvalue weighted by atomic mass is 9.34. The monoisotopic (exact) mass is 436 g/mol. The van der Waals surface area contributed by atoms with Crippen LogP contribution in [0.1, 0.15) is 77.0 Å². The molecular weight excluding hydrogens is 400 g/mol. The summed E-state index contributed by atoms with van der Waals surface area (Å²) >= 11 is 0. The number of fused-ring (bicyclic) bond motifs is 7. The van der Waals surface area contributed by atoms with Crippen molar-refractivity contribution in [3.05, 3.63) is 34.9 Å². The van der Waals surface area contributed by atoms with Crippen LogP contribution < -0.4 is 0 Å². The maximum atomic E-state index is 12.7. The summed E-state index contributed by atoms with van der Waals surface area (Å²) in [7, 11) is 0. The molecule has 0 saturated heterocycles. The summed E-state index contributed by atoms with van der Waals surface area (Å²) < 4.78 is 0. The van der Waals surface area contributed by atoms with Crippen molar-refractivity contribution in [1.82, 2.24) is 0 Å². The lowest BCUT2D eigenvalue weighted by Gasteiger charge is -2.70. The number of phenols is 2. The fraction of sp³-hybridized carbons (Fsp3) is 0.607. The molecule has 172 valence electrons. The van der Waals surface area contributed by atoms with Crippen LogP contribution in [0.15, 0.2) is 18.2 Å². The van der Waals surface area contributed by atoms with Crippen molar-refractivity contribution < 1.29 is 20.1 Å². The van der Waals surface area contributed by atoms with E-state index in [-0.39, 0.29) is 45.4 Å². The van der Waals surface area contributed by atoms with E-state index < -0.39 is 11.5 Å². The first-order valence-electron chi connectivity index (χ1n) is 12.0. The molecule has 0 unspecified atom stereocenters. The molecule has 5 rings (SSSR count). The smallest absolute Gasteiger partial charge is 0.164 e. The number of phenolic OH excluding ortho intramolecular Hbond substituents is 2. The van der Waals surface area contributed by atoms with E-state index in [1.165, 1.54) is 5.57 Å². The van der Waals surface area contributed by atoms with Crippen molar-refractivity contribution in [2.24, 2.45) is 33.5 Å². The number of carbonyl (C=O) groups is 1. The molecule has 0 amide bonds. The maximum Gasteiger partial charge on any atom is 0.164 e. The average Bonchev–Trinajstić information content (AvgIpc) is 2.74. The van der Waals surface area contributed by atoms with Gasteiger partial charge in [0.1, 0.15) is 6.10 Å². The zero-order valence-corrected chi connectivity index (χ0v) is 20.1. The summed E-state index contributed by atoms with van der Waals surface area (Å²) in [6.45, 7) is 13.0. The Labute approximate surface area is 191 Å². The van der Waals surface area contributed by atoms with Gasteiger partial charge < -0.3 is 15.3 Å². The van der Waals surface area contributed by atoms with Gasteiger partial charge in [-0.2, -0.15) is 0 Å². The first-order chi connectivity index (χ1) is 14.8. The van der Waals surface area contributed by atoms with Gasteiger partial charge in [0.05, 0.1) is 0 Å². The Morgan fingerprint density at radius 1 is 1.09 bits per heavy atom. The molecule has 2 saturated carbocycles. The first-order valence-corrected chi connectivity index (χ1v) is 12.0. The van der Waals surface area contributed by atoms with E-state index in [1.54, 1.807) is 6.07 Å². The van der Waals surface area contributed by atoms with Crippen LogP contribution in [0.25, 0.3) is 11.6 Å². The molecule has 4 aliphatic rings. The molecular formula is C28H36O4. The normalized spacial score (nSPS) is 44.8. The number of carbonyl (C=O) groups excluding carboxylic acids is 1. The number of benzene rings is 1. The van der Waals surface area contributed by atoms with Crippen LogP contribution in [-0.4, -0.2) is 27.2 Å². The van der Waals surface area contributed by atoms with E-state index in [0.29, 0.717) is 5.56 Å². The third-order valence-electron chi connectivity index (χ3n) is 10.8. The third kappa shape index (κ3) is 2.25. The van der Waals surface area contributed by atoms with E-state index in [0.717, 1.165) is 36.8 Å². The molecule has 1 aromatic carbocycles. The number of aromatic hydroxyl groups is 2. The van der Waals surface area contributed by atoms with Gasteiger partial charge in [-0.3, -0.25) is 4.79 Å². The highest BCUT2D eigenvalue weighted by Crippen LogP contribution is 2.75. The standard InChI is InChI=1S/C28H36O4/c1-15-13-21-25(3,24(32)22(15)30)11-12-28(6)26(4)9-7-17-16(2)23(31)20(29)14-18(17)19(26)8-10-27(21,28)5/h7-9,14-15,21,24,29,31-32H,10-13H2,1-6H3/t15-,21-,24-,25-,26-,27+,28-/m1/s1. The van der Waals surface area contributed by atoms with E-state index in [1.807, 2.05) is 13.8 Å². The molecule has 3 N–H and O–H groups in total. The molecule has 0 heterocycles. The minimum atomic E-state index is -0.888. The SMILES string of the molecule is Cc1c(O)c(O)cc2c1C=C[C@]1(C)C2=CC[C@@]2(C)[C@@H]3C[C@@H](C)C(=O)[C@@H](O)[C@]3(C)CC[C@@]21C. The second-order valence-corrected chi connectivity index (χ2v) is 11.9. The number of allylic oxidation sites excluding steroid dienone is 3. The Balaban J connectivity index is 1.70. The van der Waals surface area contributed by atoms with Crippen LogP contribution in [0.5, 0.6) is 11.5 Å². The van der Waals surface area contributed by atoms with Crippen LogP contribution >= 0.6 is 0 Å². The van der Waals surface area contributed by atoms with Gasteiger partial charge in [0.2, 0.25) is 0 Å². The Bertz CT molecular complexity index is 1100. The summed E-state index contributed by atoms with van der Waals surface area (Å²) in [6, 6.07) is 1.72. The summed E-state index contributed by atoms with van der Waals surface area (Å²) in [5.74, 6) is 0.0119. The number of hydrogen-bond donors (Lipinski definition) is 3. The molecule has 0 radical (unpaired) electrons. The molecule has 0 aromatic heterocycles. The van der Waals surface area contributed by atoms with Gasteiger partial charge in [-0.05, 0) is 72.1 Å². The van der Waals surface area contributed by atoms with Crippen LogP contribution in [0, 0.1) is 40.4 Å². The molecule has 4 nitrogen and oxygen atoms in total. The highest BCUT2D eigenvalue weighted by Gasteiger charge is 2.69. The van der Waals surface area contributed by atoms with E-state index >= 15 is 0 Å². The van der Waals surface area contributed by atoms with Gasteiger partial charge in [-0.15, -0.1) is 0 Å². The molecule has 4 heteroatoms. The van der Waals surface area contributed by atoms with E-state index in [2.05, 4.69) is 45.9 Å². The maximum absolute atomic E-state index is 12.7. The second kappa shape index (κ2) is 6.28.